The lowest BCUT2D eigenvalue weighted by Gasteiger charge is -2.46. The quantitative estimate of drug-likeness (QED) is 0.779. The van der Waals surface area contributed by atoms with Crippen LogP contribution in [-0.2, 0) is 4.79 Å². The Kier molecular flexibility index (Phi) is 3.86. The van der Waals surface area contributed by atoms with Gasteiger partial charge in [0.15, 0.2) is 0 Å². The molecule has 1 aromatic rings. The fraction of sp³-hybridized carbons (Fsp3) is 0.600. The van der Waals surface area contributed by atoms with Gasteiger partial charge in [-0.1, -0.05) is 0 Å². The number of piperazine rings is 1. The lowest BCUT2D eigenvalue weighted by Crippen LogP contribution is -2.64. The highest BCUT2D eigenvalue weighted by atomic mass is 32.1. The molecule has 2 saturated heterocycles. The fourth-order valence-corrected chi connectivity index (χ4v) is 3.99. The number of thiophene rings is 1. The first-order valence-electron chi connectivity index (χ1n) is 7.43. The van der Waals surface area contributed by atoms with Gasteiger partial charge < -0.3 is 14.7 Å². The van der Waals surface area contributed by atoms with Gasteiger partial charge in [0.05, 0.1) is 17.8 Å². The van der Waals surface area contributed by atoms with Crippen LogP contribution in [0, 0.1) is 0 Å². The molecule has 22 heavy (non-hydrogen) atoms. The Morgan fingerprint density at radius 1 is 1.36 bits per heavy atom. The Labute approximate surface area is 134 Å². The van der Waals surface area contributed by atoms with Crippen LogP contribution in [0.5, 0.6) is 0 Å². The van der Waals surface area contributed by atoms with Crippen LogP contribution in [0.25, 0.3) is 0 Å². The molecule has 0 N–H and O–H groups in total. The molecular weight excluding hydrogens is 300 g/mol. The zero-order chi connectivity index (χ0) is 15.9. The second-order valence-electron chi connectivity index (χ2n) is 6.39. The van der Waals surface area contributed by atoms with Crippen molar-refractivity contribution in [2.24, 2.45) is 0 Å². The van der Waals surface area contributed by atoms with Crippen LogP contribution in [0.15, 0.2) is 16.8 Å². The molecule has 7 heteroatoms. The van der Waals surface area contributed by atoms with Gasteiger partial charge in [-0.2, -0.15) is 11.3 Å². The van der Waals surface area contributed by atoms with Crippen LogP contribution in [0.2, 0.25) is 0 Å². The van der Waals surface area contributed by atoms with Crippen LogP contribution >= 0.6 is 11.3 Å². The van der Waals surface area contributed by atoms with Gasteiger partial charge >= 0.3 is 6.03 Å². The molecule has 1 aromatic heterocycles. The molecule has 120 valence electrons. The smallest absolute Gasteiger partial charge is 0.319 e. The van der Waals surface area contributed by atoms with Crippen LogP contribution in [0.4, 0.5) is 10.5 Å². The summed E-state index contributed by atoms with van der Waals surface area (Å²) in [5.74, 6) is 0.129. The summed E-state index contributed by atoms with van der Waals surface area (Å²) in [6, 6.07) is 2.03. The van der Waals surface area contributed by atoms with E-state index in [9.17, 15) is 9.59 Å². The lowest BCUT2D eigenvalue weighted by molar-refractivity contribution is -0.123. The summed E-state index contributed by atoms with van der Waals surface area (Å²) in [7, 11) is 5.55. The van der Waals surface area contributed by atoms with Gasteiger partial charge in [0, 0.05) is 39.1 Å². The molecule has 0 aliphatic carbocycles. The molecule has 2 aliphatic rings. The maximum atomic E-state index is 12.4. The van der Waals surface area contributed by atoms with Crippen LogP contribution in [0.1, 0.15) is 6.42 Å². The molecule has 3 heterocycles. The minimum absolute atomic E-state index is 0.0456. The number of carbonyl (C=O) groups is 2. The van der Waals surface area contributed by atoms with Crippen molar-refractivity contribution in [1.29, 1.82) is 0 Å². The largest absolute Gasteiger partial charge is 0.331 e. The van der Waals surface area contributed by atoms with E-state index < -0.39 is 0 Å². The number of carbonyl (C=O) groups excluding carboxylic acids is 2. The number of hydrogen-bond donors (Lipinski definition) is 0. The number of likely N-dealkylation sites (N-methyl/N-ethyl adjacent to an activating group) is 1. The summed E-state index contributed by atoms with van der Waals surface area (Å²) < 4.78 is 0. The Hall–Kier alpha value is -1.60. The van der Waals surface area contributed by atoms with E-state index in [4.69, 9.17) is 0 Å². The molecule has 3 amide bonds. The summed E-state index contributed by atoms with van der Waals surface area (Å²) >= 11 is 1.60. The van der Waals surface area contributed by atoms with E-state index in [-0.39, 0.29) is 17.5 Å². The molecule has 2 aliphatic heterocycles. The Morgan fingerprint density at radius 2 is 2.14 bits per heavy atom. The first-order chi connectivity index (χ1) is 10.4. The molecule has 0 unspecified atom stereocenters. The molecule has 0 saturated carbocycles. The van der Waals surface area contributed by atoms with Crippen molar-refractivity contribution in [3.63, 3.8) is 0 Å². The molecule has 1 atom stereocenters. The monoisotopic (exact) mass is 322 g/mol. The van der Waals surface area contributed by atoms with E-state index in [0.717, 1.165) is 18.7 Å². The maximum Gasteiger partial charge on any atom is 0.319 e. The fourth-order valence-electron chi connectivity index (χ4n) is 3.35. The molecule has 3 rings (SSSR count). The van der Waals surface area contributed by atoms with E-state index in [1.54, 1.807) is 30.3 Å². The van der Waals surface area contributed by atoms with Crippen molar-refractivity contribution < 1.29 is 9.59 Å². The highest BCUT2D eigenvalue weighted by molar-refractivity contribution is 7.08. The normalized spacial score (nSPS) is 26.0. The van der Waals surface area contributed by atoms with Gasteiger partial charge in [0.25, 0.3) is 0 Å². The summed E-state index contributed by atoms with van der Waals surface area (Å²) in [5.41, 5.74) is 0.835. The Morgan fingerprint density at radius 3 is 2.77 bits per heavy atom. The van der Waals surface area contributed by atoms with E-state index in [1.165, 1.54) is 0 Å². The summed E-state index contributed by atoms with van der Waals surface area (Å²) in [5, 5.41) is 4.00. The molecular formula is C15H22N4O2S. The second kappa shape index (κ2) is 5.55. The number of nitrogens with zero attached hydrogens (tertiary/aromatic N) is 4. The highest BCUT2D eigenvalue weighted by Gasteiger charge is 2.48. The first-order valence-corrected chi connectivity index (χ1v) is 8.37. The number of rotatable bonds is 1. The van der Waals surface area contributed by atoms with Crippen molar-refractivity contribution in [3.05, 3.63) is 16.8 Å². The van der Waals surface area contributed by atoms with Crippen LogP contribution < -0.4 is 4.90 Å². The van der Waals surface area contributed by atoms with E-state index in [2.05, 4.69) is 4.90 Å². The van der Waals surface area contributed by atoms with Crippen molar-refractivity contribution in [3.8, 4) is 0 Å². The average Bonchev–Trinajstić information content (AvgIpc) is 3.13. The molecule has 1 spiro atoms. The van der Waals surface area contributed by atoms with Gasteiger partial charge in [0.1, 0.15) is 0 Å². The SMILES string of the molecule is CN(C)C(=O)N1CC[C@@]2(C1)CN(c1ccsc1)C(=O)CN2C. The van der Waals surface area contributed by atoms with E-state index in [1.807, 2.05) is 33.7 Å². The second-order valence-corrected chi connectivity index (χ2v) is 7.17. The van der Waals surface area contributed by atoms with Gasteiger partial charge in [-0.15, -0.1) is 0 Å². The van der Waals surface area contributed by atoms with Crippen molar-refractivity contribution in [2.75, 3.05) is 52.2 Å². The van der Waals surface area contributed by atoms with E-state index >= 15 is 0 Å². The average molecular weight is 322 g/mol. The molecule has 0 radical (unpaired) electrons. The van der Waals surface area contributed by atoms with Crippen LogP contribution in [-0.4, -0.2) is 79.5 Å². The predicted molar refractivity (Wildman–Crippen MR) is 87.3 cm³/mol. The minimum Gasteiger partial charge on any atom is -0.331 e. The highest BCUT2D eigenvalue weighted by Crippen LogP contribution is 2.34. The molecule has 0 bridgehead atoms. The number of likely N-dealkylation sites (tertiary alicyclic amines) is 1. The summed E-state index contributed by atoms with van der Waals surface area (Å²) in [6.45, 7) is 2.47. The van der Waals surface area contributed by atoms with Gasteiger partial charge in [-0.25, -0.2) is 4.79 Å². The van der Waals surface area contributed by atoms with E-state index in [0.29, 0.717) is 19.6 Å². The predicted octanol–water partition coefficient (Wildman–Crippen LogP) is 1.15. The zero-order valence-corrected chi connectivity index (χ0v) is 14.1. The Bertz CT molecular complexity index is 574. The summed E-state index contributed by atoms with van der Waals surface area (Å²) in [4.78, 5) is 32.1. The Balaban J connectivity index is 1.81. The molecule has 6 nitrogen and oxygen atoms in total. The maximum absolute atomic E-state index is 12.4. The number of urea groups is 1. The lowest BCUT2D eigenvalue weighted by atomic mass is 9.93. The topological polar surface area (TPSA) is 47.1 Å². The third-order valence-corrected chi connectivity index (χ3v) is 5.41. The third kappa shape index (κ3) is 2.48. The van der Waals surface area contributed by atoms with Crippen molar-refractivity contribution in [2.45, 2.75) is 12.0 Å². The number of amides is 3. The standard InChI is InChI=1S/C15H22N4O2S/c1-16(2)14(21)18-6-5-15(10-18)11-19(12-4-7-22-9-12)13(20)8-17(15)3/h4,7,9H,5-6,8,10-11H2,1-3H3/t15-/m1/s1. The van der Waals surface area contributed by atoms with Crippen molar-refractivity contribution in [1.82, 2.24) is 14.7 Å². The molecule has 0 aromatic carbocycles. The van der Waals surface area contributed by atoms with Gasteiger partial charge in [0.2, 0.25) is 5.91 Å². The van der Waals surface area contributed by atoms with Crippen LogP contribution in [0.3, 0.4) is 0 Å². The number of hydrogen-bond acceptors (Lipinski definition) is 4. The third-order valence-electron chi connectivity index (χ3n) is 4.74. The number of anilines is 1. The van der Waals surface area contributed by atoms with Crippen molar-refractivity contribution >= 4 is 29.0 Å². The van der Waals surface area contributed by atoms with Gasteiger partial charge in [-0.3, -0.25) is 9.69 Å². The van der Waals surface area contributed by atoms with Gasteiger partial charge in [-0.05, 0) is 24.9 Å². The molecule has 2 fully saturated rings. The zero-order valence-electron chi connectivity index (χ0n) is 13.3. The summed E-state index contributed by atoms with van der Waals surface area (Å²) in [6.07, 6.45) is 0.900. The minimum atomic E-state index is -0.137. The first kappa shape index (κ1) is 15.3.